The highest BCUT2D eigenvalue weighted by Crippen LogP contribution is 2.24. The van der Waals surface area contributed by atoms with E-state index in [2.05, 4.69) is 16.0 Å². The molecule has 0 bridgehead atoms. The van der Waals surface area contributed by atoms with Gasteiger partial charge in [-0.15, -0.1) is 0 Å². The number of urea groups is 1. The molecule has 3 rings (SSSR count). The fraction of sp³-hybridized carbons (Fsp3) is 0.364. The van der Waals surface area contributed by atoms with E-state index in [1.807, 2.05) is 0 Å². The third kappa shape index (κ3) is 5.62. The van der Waals surface area contributed by atoms with Crippen molar-refractivity contribution in [1.29, 1.82) is 0 Å². The highest BCUT2D eigenvalue weighted by atomic mass is 32.2. The molecule has 2 aromatic rings. The Morgan fingerprint density at radius 1 is 1.00 bits per heavy atom. The second kappa shape index (κ2) is 9.49. The average Bonchev–Trinajstić information content (AvgIpc) is 3.54. The van der Waals surface area contributed by atoms with Gasteiger partial charge in [-0.05, 0) is 55.7 Å². The first kappa shape index (κ1) is 22.8. The average molecular weight is 445 g/mol. The fourth-order valence-electron chi connectivity index (χ4n) is 3.18. The van der Waals surface area contributed by atoms with Gasteiger partial charge in [0.2, 0.25) is 10.0 Å². The number of aryl methyl sites for hydroxylation is 1. The normalized spacial score (nSPS) is 13.7. The van der Waals surface area contributed by atoms with Crippen LogP contribution in [0.2, 0.25) is 0 Å². The van der Waals surface area contributed by atoms with Gasteiger partial charge < -0.3 is 16.0 Å². The standard InChI is InChI=1S/C22H28N4O4S/c1-4-26(5-2)31(29,30)20-14-19(10-9-15(20)3)23-21(27)16-7-6-8-18(13-16)25-22(28)24-17-11-12-17/h6-10,13-14,17H,4-5,11-12H2,1-3H3,(H,23,27)(H2,24,25,28). The first-order chi connectivity index (χ1) is 14.7. The van der Waals surface area contributed by atoms with Crippen LogP contribution in [0.1, 0.15) is 42.6 Å². The van der Waals surface area contributed by atoms with Gasteiger partial charge in [-0.25, -0.2) is 13.2 Å². The van der Waals surface area contributed by atoms with E-state index in [1.54, 1.807) is 57.2 Å². The Balaban J connectivity index is 1.76. The van der Waals surface area contributed by atoms with Crippen LogP contribution in [0.25, 0.3) is 0 Å². The van der Waals surface area contributed by atoms with Crippen molar-refractivity contribution in [3.05, 3.63) is 53.6 Å². The van der Waals surface area contributed by atoms with Crippen molar-refractivity contribution in [2.45, 2.75) is 44.6 Å². The van der Waals surface area contributed by atoms with Crippen LogP contribution in [0.15, 0.2) is 47.4 Å². The molecule has 1 fully saturated rings. The zero-order valence-corrected chi connectivity index (χ0v) is 18.8. The van der Waals surface area contributed by atoms with Crippen molar-refractivity contribution in [3.63, 3.8) is 0 Å². The molecule has 1 saturated carbocycles. The van der Waals surface area contributed by atoms with E-state index in [-0.39, 0.29) is 17.0 Å². The van der Waals surface area contributed by atoms with E-state index in [9.17, 15) is 18.0 Å². The summed E-state index contributed by atoms with van der Waals surface area (Å²) >= 11 is 0. The SMILES string of the molecule is CCN(CC)S(=O)(=O)c1cc(NC(=O)c2cccc(NC(=O)NC3CC3)c2)ccc1C. The lowest BCUT2D eigenvalue weighted by Gasteiger charge is -2.20. The molecule has 9 heteroatoms. The zero-order valence-electron chi connectivity index (χ0n) is 17.9. The van der Waals surface area contributed by atoms with Gasteiger partial charge in [0, 0.05) is 36.1 Å². The van der Waals surface area contributed by atoms with Crippen LogP contribution in [0.4, 0.5) is 16.2 Å². The molecule has 0 aromatic heterocycles. The molecule has 0 heterocycles. The van der Waals surface area contributed by atoms with Gasteiger partial charge >= 0.3 is 6.03 Å². The van der Waals surface area contributed by atoms with Crippen molar-refractivity contribution < 1.29 is 18.0 Å². The maximum absolute atomic E-state index is 12.9. The van der Waals surface area contributed by atoms with Crippen molar-refractivity contribution in [3.8, 4) is 0 Å². The molecule has 0 aliphatic heterocycles. The third-order valence-corrected chi connectivity index (χ3v) is 7.26. The van der Waals surface area contributed by atoms with Crippen LogP contribution in [0.3, 0.4) is 0 Å². The van der Waals surface area contributed by atoms with Crippen LogP contribution >= 0.6 is 0 Å². The zero-order chi connectivity index (χ0) is 22.6. The largest absolute Gasteiger partial charge is 0.335 e. The summed E-state index contributed by atoms with van der Waals surface area (Å²) in [5, 5.41) is 8.29. The van der Waals surface area contributed by atoms with E-state index in [0.29, 0.717) is 35.6 Å². The third-order valence-electron chi connectivity index (χ3n) is 5.06. The maximum Gasteiger partial charge on any atom is 0.319 e. The summed E-state index contributed by atoms with van der Waals surface area (Å²) in [5.74, 6) is -0.402. The number of hydrogen-bond donors (Lipinski definition) is 3. The molecule has 1 aliphatic rings. The minimum Gasteiger partial charge on any atom is -0.335 e. The molecular weight excluding hydrogens is 416 g/mol. The molecule has 166 valence electrons. The van der Waals surface area contributed by atoms with Crippen LogP contribution in [0.5, 0.6) is 0 Å². The van der Waals surface area contributed by atoms with Crippen molar-refractivity contribution in [2.24, 2.45) is 0 Å². The molecule has 3 amide bonds. The number of hydrogen-bond acceptors (Lipinski definition) is 4. The number of carbonyl (C=O) groups is 2. The Bertz CT molecular complexity index is 1080. The summed E-state index contributed by atoms with van der Waals surface area (Å²) in [7, 11) is -3.65. The fourth-order valence-corrected chi connectivity index (χ4v) is 4.89. The first-order valence-corrected chi connectivity index (χ1v) is 11.8. The van der Waals surface area contributed by atoms with Gasteiger partial charge in [0.15, 0.2) is 0 Å². The summed E-state index contributed by atoms with van der Waals surface area (Å²) < 4.78 is 27.2. The first-order valence-electron chi connectivity index (χ1n) is 10.3. The second-order valence-electron chi connectivity index (χ2n) is 7.48. The number of amides is 3. The minimum atomic E-state index is -3.65. The molecule has 0 radical (unpaired) electrons. The highest BCUT2D eigenvalue weighted by molar-refractivity contribution is 7.89. The van der Waals surface area contributed by atoms with E-state index in [0.717, 1.165) is 12.8 Å². The quantitative estimate of drug-likeness (QED) is 0.578. The second-order valence-corrected chi connectivity index (χ2v) is 9.38. The van der Waals surface area contributed by atoms with Crippen molar-refractivity contribution in [2.75, 3.05) is 23.7 Å². The van der Waals surface area contributed by atoms with E-state index < -0.39 is 15.9 Å². The Hall–Kier alpha value is -2.91. The number of anilines is 2. The van der Waals surface area contributed by atoms with E-state index >= 15 is 0 Å². The van der Waals surface area contributed by atoms with Crippen molar-refractivity contribution >= 4 is 33.3 Å². The van der Waals surface area contributed by atoms with Gasteiger partial charge in [0.25, 0.3) is 5.91 Å². The smallest absolute Gasteiger partial charge is 0.319 e. The Labute approximate surface area is 183 Å². The summed E-state index contributed by atoms with van der Waals surface area (Å²) in [6.07, 6.45) is 1.97. The van der Waals surface area contributed by atoms with E-state index in [1.165, 1.54) is 10.4 Å². The lowest BCUT2D eigenvalue weighted by molar-refractivity contribution is 0.102. The number of sulfonamides is 1. The Kier molecular flexibility index (Phi) is 6.97. The summed E-state index contributed by atoms with van der Waals surface area (Å²) in [5.41, 5.74) is 1.83. The lowest BCUT2D eigenvalue weighted by Crippen LogP contribution is -2.31. The van der Waals surface area contributed by atoms with Gasteiger partial charge in [0.1, 0.15) is 0 Å². The molecule has 8 nitrogen and oxygen atoms in total. The predicted octanol–water partition coefficient (Wildman–Crippen LogP) is 3.56. The van der Waals surface area contributed by atoms with Crippen LogP contribution in [0, 0.1) is 6.92 Å². The Morgan fingerprint density at radius 3 is 2.32 bits per heavy atom. The molecule has 2 aromatic carbocycles. The molecule has 0 spiro atoms. The number of nitrogens with one attached hydrogen (secondary N) is 3. The maximum atomic E-state index is 12.9. The topological polar surface area (TPSA) is 108 Å². The van der Waals surface area contributed by atoms with Crippen molar-refractivity contribution in [1.82, 2.24) is 9.62 Å². The molecule has 0 saturated heterocycles. The number of benzene rings is 2. The summed E-state index contributed by atoms with van der Waals surface area (Å²) in [6, 6.07) is 11.3. The molecular formula is C22H28N4O4S. The highest BCUT2D eigenvalue weighted by Gasteiger charge is 2.25. The molecule has 0 unspecified atom stereocenters. The van der Waals surface area contributed by atoms with Gasteiger partial charge in [-0.3, -0.25) is 4.79 Å². The monoisotopic (exact) mass is 444 g/mol. The van der Waals surface area contributed by atoms with Gasteiger partial charge in [-0.2, -0.15) is 4.31 Å². The summed E-state index contributed by atoms with van der Waals surface area (Å²) in [4.78, 5) is 24.8. The van der Waals surface area contributed by atoms with Crippen LogP contribution in [-0.4, -0.2) is 43.8 Å². The number of carbonyl (C=O) groups excluding carboxylic acids is 2. The summed E-state index contributed by atoms with van der Waals surface area (Å²) in [6.45, 7) is 6.03. The number of nitrogens with zero attached hydrogens (tertiary/aromatic N) is 1. The lowest BCUT2D eigenvalue weighted by atomic mass is 10.1. The molecule has 1 aliphatic carbocycles. The van der Waals surface area contributed by atoms with Gasteiger partial charge in [0.05, 0.1) is 4.90 Å². The van der Waals surface area contributed by atoms with Crippen LogP contribution in [-0.2, 0) is 10.0 Å². The van der Waals surface area contributed by atoms with E-state index in [4.69, 9.17) is 0 Å². The molecule has 31 heavy (non-hydrogen) atoms. The van der Waals surface area contributed by atoms with Gasteiger partial charge in [-0.1, -0.05) is 26.0 Å². The number of rotatable bonds is 8. The van der Waals surface area contributed by atoms with Crippen LogP contribution < -0.4 is 16.0 Å². The molecule has 3 N–H and O–H groups in total. The molecule has 0 atom stereocenters. The minimum absolute atomic E-state index is 0.168. The Morgan fingerprint density at radius 2 is 1.68 bits per heavy atom. The predicted molar refractivity (Wildman–Crippen MR) is 121 cm³/mol.